The van der Waals surface area contributed by atoms with E-state index in [2.05, 4.69) is 20.2 Å². The average Bonchev–Trinajstić information content (AvgIpc) is 3.44. The third-order valence-corrected chi connectivity index (χ3v) is 7.74. The maximum Gasteiger partial charge on any atom is 0.235 e. The lowest BCUT2D eigenvalue weighted by molar-refractivity contribution is 0.172. The van der Waals surface area contributed by atoms with Crippen LogP contribution in [0.25, 0.3) is 10.9 Å². The topological polar surface area (TPSA) is 116 Å². The van der Waals surface area contributed by atoms with E-state index in [9.17, 15) is 13.5 Å². The van der Waals surface area contributed by atoms with Gasteiger partial charge < -0.3 is 15.2 Å². The summed E-state index contributed by atoms with van der Waals surface area (Å²) in [4.78, 5) is 0. The van der Waals surface area contributed by atoms with Gasteiger partial charge in [-0.05, 0) is 49.6 Å². The van der Waals surface area contributed by atoms with E-state index >= 15 is 0 Å². The number of hydrogen-bond acceptors (Lipinski definition) is 6. The molecule has 1 fully saturated rings. The van der Waals surface area contributed by atoms with Crippen molar-refractivity contribution in [1.29, 1.82) is 0 Å². The Morgan fingerprint density at radius 2 is 2.03 bits per heavy atom. The Kier molecular flexibility index (Phi) is 6.98. The highest BCUT2D eigenvalue weighted by molar-refractivity contribution is 7.93. The van der Waals surface area contributed by atoms with E-state index in [0.29, 0.717) is 43.8 Å². The molecule has 0 amide bonds. The minimum Gasteiger partial charge on any atom is -0.492 e. The minimum absolute atomic E-state index is 0.324. The summed E-state index contributed by atoms with van der Waals surface area (Å²) in [5.41, 5.74) is 3.04. The molecular formula is C23H30N4O4S. The summed E-state index contributed by atoms with van der Waals surface area (Å²) < 4.78 is 33.5. The van der Waals surface area contributed by atoms with Crippen LogP contribution in [0.5, 0.6) is 5.75 Å². The number of nitrogens with one attached hydrogen (secondary N) is 3. The summed E-state index contributed by atoms with van der Waals surface area (Å²) in [5.74, 6) is 0.744. The fourth-order valence-corrected chi connectivity index (χ4v) is 5.64. The zero-order valence-corrected chi connectivity index (χ0v) is 19.0. The van der Waals surface area contributed by atoms with Gasteiger partial charge >= 0.3 is 0 Å². The minimum atomic E-state index is -3.39. The first kappa shape index (κ1) is 22.6. The molecule has 1 atom stereocenters. The van der Waals surface area contributed by atoms with Crippen molar-refractivity contribution in [3.63, 3.8) is 0 Å². The molecule has 1 aliphatic carbocycles. The van der Waals surface area contributed by atoms with Gasteiger partial charge in [-0.1, -0.05) is 25.0 Å². The molecule has 4 N–H and O–H groups in total. The van der Waals surface area contributed by atoms with E-state index in [-0.39, 0.29) is 5.25 Å². The van der Waals surface area contributed by atoms with Crippen LogP contribution in [0, 0.1) is 6.92 Å². The Bertz CT molecular complexity index is 1160. The van der Waals surface area contributed by atoms with Crippen LogP contribution < -0.4 is 14.8 Å². The number of ether oxygens (including phenoxy) is 1. The Labute approximate surface area is 188 Å². The van der Waals surface area contributed by atoms with Crippen LogP contribution in [0.2, 0.25) is 0 Å². The van der Waals surface area contributed by atoms with Crippen molar-refractivity contribution in [2.24, 2.45) is 0 Å². The van der Waals surface area contributed by atoms with Crippen LogP contribution in [0.1, 0.15) is 43.0 Å². The molecule has 1 saturated carbocycles. The fraction of sp³-hybridized carbons (Fsp3) is 0.435. The number of aromatic amines is 1. The van der Waals surface area contributed by atoms with Gasteiger partial charge in [-0.2, -0.15) is 5.10 Å². The molecule has 8 nitrogen and oxygen atoms in total. The van der Waals surface area contributed by atoms with Crippen LogP contribution >= 0.6 is 0 Å². The fourth-order valence-electron chi connectivity index (χ4n) is 4.07. The van der Waals surface area contributed by atoms with E-state index in [1.165, 1.54) is 0 Å². The monoisotopic (exact) mass is 458 g/mol. The van der Waals surface area contributed by atoms with Gasteiger partial charge in [0.05, 0.1) is 16.9 Å². The number of aliphatic hydroxyl groups excluding tert-OH is 1. The molecule has 1 heterocycles. The third-order valence-electron chi connectivity index (χ3n) is 5.88. The van der Waals surface area contributed by atoms with E-state index in [0.717, 1.165) is 35.2 Å². The van der Waals surface area contributed by atoms with E-state index in [1.807, 2.05) is 25.1 Å². The third kappa shape index (κ3) is 5.40. The highest BCUT2D eigenvalue weighted by atomic mass is 32.2. The molecule has 172 valence electrons. The number of anilines is 1. The van der Waals surface area contributed by atoms with E-state index < -0.39 is 16.1 Å². The molecule has 4 rings (SSSR count). The van der Waals surface area contributed by atoms with Gasteiger partial charge in [-0.15, -0.1) is 0 Å². The number of sulfonamides is 1. The number of fused-ring (bicyclic) bond motifs is 1. The average molecular weight is 459 g/mol. The Balaban J connectivity index is 1.24. The quantitative estimate of drug-likeness (QED) is 0.347. The summed E-state index contributed by atoms with van der Waals surface area (Å²) in [5, 5.41) is 21.6. The number of H-pyrrole nitrogens is 1. The SMILES string of the molecule is Cc1[nH]nc2cc(OCCNCC(O)c3cccc(NS(=O)(=O)C4CCCC4)c3)ccc12. The van der Waals surface area contributed by atoms with Crippen molar-refractivity contribution >= 4 is 26.6 Å². The summed E-state index contributed by atoms with van der Waals surface area (Å²) in [6.45, 7) is 3.32. The predicted octanol–water partition coefficient (Wildman–Crippen LogP) is 3.26. The van der Waals surface area contributed by atoms with E-state index in [1.54, 1.807) is 24.3 Å². The number of benzene rings is 2. The molecule has 3 aromatic rings. The van der Waals surface area contributed by atoms with E-state index in [4.69, 9.17) is 4.74 Å². The molecule has 0 saturated heterocycles. The smallest absolute Gasteiger partial charge is 0.235 e. The molecule has 0 aliphatic heterocycles. The second kappa shape index (κ2) is 9.89. The van der Waals surface area contributed by atoms with Gasteiger partial charge in [0.2, 0.25) is 10.0 Å². The molecular weight excluding hydrogens is 428 g/mol. The van der Waals surface area contributed by atoms with Crippen LogP contribution in [-0.4, -0.2) is 48.7 Å². The van der Waals surface area contributed by atoms with Crippen molar-refractivity contribution in [3.05, 3.63) is 53.7 Å². The molecule has 1 aromatic heterocycles. The maximum absolute atomic E-state index is 12.5. The Hall–Kier alpha value is -2.62. The molecule has 2 aromatic carbocycles. The summed E-state index contributed by atoms with van der Waals surface area (Å²) >= 11 is 0. The van der Waals surface area contributed by atoms with Gasteiger partial charge in [0.25, 0.3) is 0 Å². The normalized spacial score (nSPS) is 15.8. The lowest BCUT2D eigenvalue weighted by Crippen LogP contribution is -2.27. The van der Waals surface area contributed by atoms with Crippen molar-refractivity contribution in [2.45, 2.75) is 44.0 Å². The Morgan fingerprint density at radius 1 is 1.22 bits per heavy atom. The standard InChI is InChI=1S/C23H30N4O4S/c1-16-21-10-9-19(14-22(21)26-25-16)31-12-11-24-15-23(28)17-5-4-6-18(13-17)27-32(29,30)20-7-2-3-8-20/h4-6,9-10,13-14,20,23-24,27-28H,2-3,7-8,11-12,15H2,1H3,(H,25,26). The van der Waals surface area contributed by atoms with Crippen molar-refractivity contribution in [2.75, 3.05) is 24.4 Å². The van der Waals surface area contributed by atoms with Crippen LogP contribution in [0.15, 0.2) is 42.5 Å². The van der Waals surface area contributed by atoms with Gasteiger partial charge in [0, 0.05) is 35.9 Å². The second-order valence-electron chi connectivity index (χ2n) is 8.27. The molecule has 1 aliphatic rings. The zero-order valence-electron chi connectivity index (χ0n) is 18.2. The van der Waals surface area contributed by atoms with Crippen molar-refractivity contribution < 1.29 is 18.3 Å². The molecule has 0 radical (unpaired) electrons. The van der Waals surface area contributed by atoms with Gasteiger partial charge in [-0.3, -0.25) is 9.82 Å². The first-order chi connectivity index (χ1) is 15.4. The first-order valence-electron chi connectivity index (χ1n) is 11.0. The molecule has 1 unspecified atom stereocenters. The van der Waals surface area contributed by atoms with Crippen LogP contribution in [-0.2, 0) is 10.0 Å². The molecule has 0 spiro atoms. The largest absolute Gasteiger partial charge is 0.492 e. The molecule has 32 heavy (non-hydrogen) atoms. The number of aromatic nitrogens is 2. The number of hydrogen-bond donors (Lipinski definition) is 4. The molecule has 0 bridgehead atoms. The lowest BCUT2D eigenvalue weighted by Gasteiger charge is -2.16. The summed E-state index contributed by atoms with van der Waals surface area (Å²) in [6, 6.07) is 12.7. The van der Waals surface area contributed by atoms with Crippen molar-refractivity contribution in [1.82, 2.24) is 15.5 Å². The van der Waals surface area contributed by atoms with Crippen molar-refractivity contribution in [3.8, 4) is 5.75 Å². The highest BCUT2D eigenvalue weighted by Crippen LogP contribution is 2.27. The summed E-state index contributed by atoms with van der Waals surface area (Å²) in [6.07, 6.45) is 2.57. The predicted molar refractivity (Wildman–Crippen MR) is 125 cm³/mol. The lowest BCUT2D eigenvalue weighted by atomic mass is 10.1. The van der Waals surface area contributed by atoms with Crippen LogP contribution in [0.3, 0.4) is 0 Å². The highest BCUT2D eigenvalue weighted by Gasteiger charge is 2.28. The number of nitrogens with zero attached hydrogens (tertiary/aromatic N) is 1. The second-order valence-corrected chi connectivity index (χ2v) is 10.2. The molecule has 9 heteroatoms. The Morgan fingerprint density at radius 3 is 2.84 bits per heavy atom. The number of aliphatic hydroxyl groups is 1. The van der Waals surface area contributed by atoms with Gasteiger partial charge in [0.15, 0.2) is 0 Å². The van der Waals surface area contributed by atoms with Crippen LogP contribution in [0.4, 0.5) is 5.69 Å². The van der Waals surface area contributed by atoms with Gasteiger partial charge in [0.1, 0.15) is 12.4 Å². The first-order valence-corrected chi connectivity index (χ1v) is 12.5. The number of rotatable bonds is 10. The zero-order chi connectivity index (χ0) is 22.6. The van der Waals surface area contributed by atoms with Gasteiger partial charge in [-0.25, -0.2) is 8.42 Å². The summed E-state index contributed by atoms with van der Waals surface area (Å²) in [7, 11) is -3.39. The maximum atomic E-state index is 12.5. The number of aryl methyl sites for hydroxylation is 1.